The van der Waals surface area contributed by atoms with Crippen molar-refractivity contribution in [1.29, 1.82) is 0 Å². The van der Waals surface area contributed by atoms with Gasteiger partial charge in [-0.25, -0.2) is 4.98 Å². The lowest BCUT2D eigenvalue weighted by molar-refractivity contribution is -0.119. The Labute approximate surface area is 123 Å². The second kappa shape index (κ2) is 5.57. The number of carbonyl (C=O) groups excluding carboxylic acids is 1. The summed E-state index contributed by atoms with van der Waals surface area (Å²) in [6.07, 6.45) is 3.79. The molecular weight excluding hydrogens is 266 g/mol. The molecule has 0 radical (unpaired) electrons. The van der Waals surface area contributed by atoms with Gasteiger partial charge in [-0.2, -0.15) is 0 Å². The Bertz CT molecular complexity index is 634. The molecule has 0 bridgehead atoms. The zero-order valence-electron chi connectivity index (χ0n) is 12.1. The minimum Gasteiger partial charge on any atom is -0.399 e. The number of nitrogens with two attached hydrogens (primary N) is 1. The van der Waals surface area contributed by atoms with E-state index in [2.05, 4.69) is 14.5 Å². The first-order valence-corrected chi connectivity index (χ1v) is 6.98. The number of benzene rings is 1. The zero-order chi connectivity index (χ0) is 14.8. The molecule has 1 aromatic carbocycles. The van der Waals surface area contributed by atoms with E-state index in [1.54, 1.807) is 30.3 Å². The quantitative estimate of drug-likeness (QED) is 0.852. The number of likely N-dealkylation sites (N-methyl/N-ethyl adjacent to an activating group) is 1. The van der Waals surface area contributed by atoms with Gasteiger partial charge in [-0.1, -0.05) is 0 Å². The fraction of sp³-hybridized carbons (Fsp3) is 0.333. The summed E-state index contributed by atoms with van der Waals surface area (Å²) in [4.78, 5) is 20.5. The van der Waals surface area contributed by atoms with Gasteiger partial charge in [0.25, 0.3) is 0 Å². The Kier molecular flexibility index (Phi) is 3.62. The smallest absolute Gasteiger partial charge is 0.240 e. The Balaban J connectivity index is 1.63. The van der Waals surface area contributed by atoms with Crippen LogP contribution in [0.5, 0.6) is 0 Å². The highest BCUT2D eigenvalue weighted by atomic mass is 16.2. The van der Waals surface area contributed by atoms with Crippen LogP contribution in [-0.2, 0) is 17.9 Å². The van der Waals surface area contributed by atoms with Crippen LogP contribution in [0.15, 0.2) is 36.7 Å². The molecule has 2 N–H and O–H groups in total. The molecule has 21 heavy (non-hydrogen) atoms. The summed E-state index contributed by atoms with van der Waals surface area (Å²) < 4.78 is 2.13. The summed E-state index contributed by atoms with van der Waals surface area (Å²) in [5.41, 5.74) is 7.22. The summed E-state index contributed by atoms with van der Waals surface area (Å²) in [7, 11) is 1.79. The average Bonchev–Trinajstić information content (AvgIpc) is 2.95. The highest BCUT2D eigenvalue weighted by molar-refractivity contribution is 5.94. The van der Waals surface area contributed by atoms with E-state index in [1.165, 1.54) is 0 Å². The SMILES string of the molecule is CN(C(=O)CN1CCn2ccnc2C1)c1ccc(N)cc1. The van der Waals surface area contributed by atoms with E-state index in [0.717, 1.165) is 24.6 Å². The van der Waals surface area contributed by atoms with Crippen LogP contribution in [0, 0.1) is 0 Å². The molecule has 2 heterocycles. The van der Waals surface area contributed by atoms with Crippen LogP contribution >= 0.6 is 0 Å². The van der Waals surface area contributed by atoms with Crippen molar-refractivity contribution >= 4 is 17.3 Å². The van der Waals surface area contributed by atoms with Crippen LogP contribution in [0.1, 0.15) is 5.82 Å². The highest BCUT2D eigenvalue weighted by Crippen LogP contribution is 2.16. The third kappa shape index (κ3) is 2.90. The van der Waals surface area contributed by atoms with Gasteiger partial charge >= 0.3 is 0 Å². The van der Waals surface area contributed by atoms with Gasteiger partial charge in [0.15, 0.2) is 0 Å². The molecule has 0 unspecified atom stereocenters. The van der Waals surface area contributed by atoms with Crippen molar-refractivity contribution in [1.82, 2.24) is 14.5 Å². The topological polar surface area (TPSA) is 67.4 Å². The number of nitrogen functional groups attached to an aromatic ring is 1. The molecule has 0 saturated carbocycles. The first-order chi connectivity index (χ1) is 10.1. The standard InChI is InChI=1S/C15H19N5O/c1-18(13-4-2-12(16)3-5-13)15(21)11-19-8-9-20-7-6-17-14(20)10-19/h2-7H,8-11,16H2,1H3. The van der Waals surface area contributed by atoms with Crippen molar-refractivity contribution in [2.45, 2.75) is 13.1 Å². The van der Waals surface area contributed by atoms with Gasteiger partial charge in [0.2, 0.25) is 5.91 Å². The van der Waals surface area contributed by atoms with E-state index in [1.807, 2.05) is 18.3 Å². The second-order valence-corrected chi connectivity index (χ2v) is 5.29. The van der Waals surface area contributed by atoms with Crippen LogP contribution in [0.3, 0.4) is 0 Å². The number of anilines is 2. The summed E-state index contributed by atoms with van der Waals surface area (Å²) in [6.45, 7) is 2.86. The molecule has 6 nitrogen and oxygen atoms in total. The van der Waals surface area contributed by atoms with Gasteiger partial charge in [0.1, 0.15) is 5.82 Å². The maximum absolute atomic E-state index is 12.4. The largest absolute Gasteiger partial charge is 0.399 e. The maximum Gasteiger partial charge on any atom is 0.240 e. The third-order valence-corrected chi connectivity index (χ3v) is 3.84. The van der Waals surface area contributed by atoms with Gasteiger partial charge in [-0.3, -0.25) is 9.69 Å². The molecule has 3 rings (SSSR count). The van der Waals surface area contributed by atoms with Gasteiger partial charge in [0.05, 0.1) is 13.1 Å². The van der Waals surface area contributed by atoms with Crippen LogP contribution in [-0.4, -0.2) is 40.5 Å². The first kappa shape index (κ1) is 13.6. The minimum absolute atomic E-state index is 0.0692. The normalized spacial score (nSPS) is 14.7. The average molecular weight is 285 g/mol. The number of aromatic nitrogens is 2. The number of fused-ring (bicyclic) bond motifs is 1. The minimum atomic E-state index is 0.0692. The molecule has 2 aromatic rings. The van der Waals surface area contributed by atoms with Crippen LogP contribution in [0.2, 0.25) is 0 Å². The van der Waals surface area contributed by atoms with Crippen LogP contribution < -0.4 is 10.6 Å². The van der Waals surface area contributed by atoms with Gasteiger partial charge in [-0.15, -0.1) is 0 Å². The number of imidazole rings is 1. The zero-order valence-corrected chi connectivity index (χ0v) is 12.1. The van der Waals surface area contributed by atoms with Crippen molar-refractivity contribution in [2.24, 2.45) is 0 Å². The van der Waals surface area contributed by atoms with E-state index in [4.69, 9.17) is 5.73 Å². The Morgan fingerprint density at radius 1 is 1.33 bits per heavy atom. The van der Waals surface area contributed by atoms with Crippen LogP contribution in [0.25, 0.3) is 0 Å². The molecule has 1 aliphatic rings. The molecular formula is C15H19N5O. The van der Waals surface area contributed by atoms with E-state index >= 15 is 0 Å². The highest BCUT2D eigenvalue weighted by Gasteiger charge is 2.20. The number of hydrogen-bond donors (Lipinski definition) is 1. The number of nitrogens with zero attached hydrogens (tertiary/aromatic N) is 4. The van der Waals surface area contributed by atoms with Crippen molar-refractivity contribution in [3.63, 3.8) is 0 Å². The van der Waals surface area contributed by atoms with E-state index in [9.17, 15) is 4.79 Å². The number of rotatable bonds is 3. The van der Waals surface area contributed by atoms with Crippen molar-refractivity contribution in [3.05, 3.63) is 42.5 Å². The van der Waals surface area contributed by atoms with Crippen molar-refractivity contribution in [2.75, 3.05) is 30.8 Å². The first-order valence-electron chi connectivity index (χ1n) is 6.98. The molecule has 0 aliphatic carbocycles. The summed E-state index contributed by atoms with van der Waals surface area (Å²) in [5.74, 6) is 1.09. The Morgan fingerprint density at radius 2 is 2.10 bits per heavy atom. The number of carbonyl (C=O) groups is 1. The van der Waals surface area contributed by atoms with Gasteiger partial charge in [0, 0.05) is 43.9 Å². The lowest BCUT2D eigenvalue weighted by atomic mass is 10.2. The van der Waals surface area contributed by atoms with Crippen molar-refractivity contribution < 1.29 is 4.79 Å². The summed E-state index contributed by atoms with van der Waals surface area (Å²) in [5, 5.41) is 0. The lowest BCUT2D eigenvalue weighted by Gasteiger charge is -2.28. The molecule has 0 spiro atoms. The molecule has 0 fully saturated rings. The fourth-order valence-corrected chi connectivity index (χ4v) is 2.50. The maximum atomic E-state index is 12.4. The molecule has 1 amide bonds. The van der Waals surface area contributed by atoms with Crippen LogP contribution in [0.4, 0.5) is 11.4 Å². The van der Waals surface area contributed by atoms with Gasteiger partial charge in [-0.05, 0) is 24.3 Å². The fourth-order valence-electron chi connectivity index (χ4n) is 2.50. The number of amides is 1. The molecule has 0 atom stereocenters. The van der Waals surface area contributed by atoms with Crippen molar-refractivity contribution in [3.8, 4) is 0 Å². The molecule has 1 aliphatic heterocycles. The predicted octanol–water partition coefficient (Wildman–Crippen LogP) is 0.944. The summed E-state index contributed by atoms with van der Waals surface area (Å²) >= 11 is 0. The summed E-state index contributed by atoms with van der Waals surface area (Å²) in [6, 6.07) is 7.32. The van der Waals surface area contributed by atoms with E-state index < -0.39 is 0 Å². The second-order valence-electron chi connectivity index (χ2n) is 5.29. The predicted molar refractivity (Wildman–Crippen MR) is 81.8 cm³/mol. The third-order valence-electron chi connectivity index (χ3n) is 3.84. The lowest BCUT2D eigenvalue weighted by Crippen LogP contribution is -2.42. The molecule has 0 saturated heterocycles. The molecule has 6 heteroatoms. The molecule has 110 valence electrons. The molecule has 1 aromatic heterocycles. The van der Waals surface area contributed by atoms with Gasteiger partial charge < -0.3 is 15.2 Å². The Morgan fingerprint density at radius 3 is 2.86 bits per heavy atom. The Hall–Kier alpha value is -2.34. The van der Waals surface area contributed by atoms with E-state index in [0.29, 0.717) is 18.8 Å². The number of hydrogen-bond acceptors (Lipinski definition) is 4. The monoisotopic (exact) mass is 285 g/mol. The van der Waals surface area contributed by atoms with E-state index in [-0.39, 0.29) is 5.91 Å².